The largest absolute Gasteiger partial charge is 0.384 e. The minimum atomic E-state index is 0.379. The van der Waals surface area contributed by atoms with E-state index >= 15 is 0 Å². The topological polar surface area (TPSA) is 38.9 Å². The highest BCUT2D eigenvalue weighted by Gasteiger charge is 1.96. The van der Waals surface area contributed by atoms with Crippen molar-refractivity contribution in [3.63, 3.8) is 0 Å². The number of nitrogens with zero attached hydrogens (tertiary/aromatic N) is 1. The Hall–Kier alpha value is -1.20. The van der Waals surface area contributed by atoms with Crippen LogP contribution < -0.4 is 5.73 Å². The second-order valence-corrected chi connectivity index (χ2v) is 2.14. The van der Waals surface area contributed by atoms with Crippen molar-refractivity contribution in [3.8, 4) is 12.3 Å². The van der Waals surface area contributed by atoms with E-state index < -0.39 is 0 Å². The lowest BCUT2D eigenvalue weighted by molar-refractivity contribution is 1.32. The lowest BCUT2D eigenvalue weighted by atomic mass is 10.3. The molecule has 10 heavy (non-hydrogen) atoms. The van der Waals surface area contributed by atoms with Crippen molar-refractivity contribution in [1.29, 1.82) is 0 Å². The molecule has 1 rings (SSSR count). The number of hydrogen-bond acceptors (Lipinski definition) is 2. The Morgan fingerprint density at radius 3 is 2.90 bits per heavy atom. The third-order valence-corrected chi connectivity index (χ3v) is 1.34. The molecule has 3 heteroatoms. The van der Waals surface area contributed by atoms with Gasteiger partial charge in [-0.2, -0.15) is 0 Å². The Balaban J connectivity index is 3.23. The first kappa shape index (κ1) is 6.91. The van der Waals surface area contributed by atoms with Crippen molar-refractivity contribution in [3.05, 3.63) is 22.8 Å². The lowest BCUT2D eigenvalue weighted by Gasteiger charge is -1.94. The van der Waals surface area contributed by atoms with E-state index in [0.717, 1.165) is 0 Å². The number of nitrogen functional groups attached to an aromatic ring is 1. The van der Waals surface area contributed by atoms with Crippen molar-refractivity contribution in [2.24, 2.45) is 0 Å². The molecule has 1 heterocycles. The van der Waals surface area contributed by atoms with E-state index in [2.05, 4.69) is 10.9 Å². The number of pyridine rings is 1. The number of halogens is 1. The van der Waals surface area contributed by atoms with E-state index in [1.165, 1.54) is 12.3 Å². The molecule has 0 unspecified atom stereocenters. The second-order valence-electron chi connectivity index (χ2n) is 1.73. The molecule has 2 N–H and O–H groups in total. The van der Waals surface area contributed by atoms with Crippen molar-refractivity contribution in [2.45, 2.75) is 0 Å². The maximum absolute atomic E-state index is 5.67. The molecule has 50 valence electrons. The Morgan fingerprint density at radius 1 is 1.70 bits per heavy atom. The fraction of sp³-hybridized carbons (Fsp3) is 0. The minimum Gasteiger partial charge on any atom is -0.384 e. The first-order valence-corrected chi connectivity index (χ1v) is 2.99. The van der Waals surface area contributed by atoms with Gasteiger partial charge in [-0.05, 0) is 0 Å². The molecular formula is C7H5ClN2. The molecule has 0 aromatic carbocycles. The zero-order valence-corrected chi connectivity index (χ0v) is 5.89. The average molecular weight is 153 g/mol. The van der Waals surface area contributed by atoms with Gasteiger partial charge in [-0.25, -0.2) is 4.98 Å². The van der Waals surface area contributed by atoms with Gasteiger partial charge in [-0.15, -0.1) is 6.42 Å². The quantitative estimate of drug-likeness (QED) is 0.569. The Morgan fingerprint density at radius 2 is 2.40 bits per heavy atom. The number of aromatic nitrogens is 1. The summed E-state index contributed by atoms with van der Waals surface area (Å²) in [7, 11) is 0. The van der Waals surface area contributed by atoms with Gasteiger partial charge in [0.2, 0.25) is 0 Å². The fourth-order valence-electron chi connectivity index (χ4n) is 0.552. The summed E-state index contributed by atoms with van der Waals surface area (Å²) in [5.41, 5.74) is 5.88. The van der Waals surface area contributed by atoms with Gasteiger partial charge in [0.1, 0.15) is 5.82 Å². The van der Waals surface area contributed by atoms with E-state index in [1.54, 1.807) is 0 Å². The van der Waals surface area contributed by atoms with Crippen LogP contribution in [0, 0.1) is 12.3 Å². The van der Waals surface area contributed by atoms with Gasteiger partial charge in [-0.3, -0.25) is 0 Å². The summed E-state index contributed by atoms with van der Waals surface area (Å²) in [4.78, 5) is 3.76. The van der Waals surface area contributed by atoms with Crippen LogP contribution in [0.3, 0.4) is 0 Å². The zero-order chi connectivity index (χ0) is 7.56. The Kier molecular flexibility index (Phi) is 1.79. The van der Waals surface area contributed by atoms with Crippen LogP contribution in [-0.2, 0) is 0 Å². The lowest BCUT2D eigenvalue weighted by Crippen LogP contribution is -1.89. The van der Waals surface area contributed by atoms with Crippen molar-refractivity contribution < 1.29 is 0 Å². The number of rotatable bonds is 0. The summed E-state index contributed by atoms with van der Waals surface area (Å²) < 4.78 is 0. The molecule has 0 saturated heterocycles. The smallest absolute Gasteiger partial charge is 0.124 e. The Labute approximate surface area is 64.0 Å². The predicted octanol–water partition coefficient (Wildman–Crippen LogP) is 1.30. The van der Waals surface area contributed by atoms with Gasteiger partial charge in [-0.1, -0.05) is 17.5 Å². The van der Waals surface area contributed by atoms with Gasteiger partial charge in [0.25, 0.3) is 0 Å². The first-order valence-electron chi connectivity index (χ1n) is 2.61. The van der Waals surface area contributed by atoms with Crippen LogP contribution in [0.25, 0.3) is 0 Å². The summed E-state index contributed by atoms with van der Waals surface area (Å²) in [5.74, 6) is 2.75. The molecule has 0 saturated carbocycles. The monoisotopic (exact) mass is 152 g/mol. The summed E-state index contributed by atoms with van der Waals surface area (Å²) >= 11 is 5.67. The molecule has 1 aromatic rings. The average Bonchev–Trinajstić information content (AvgIpc) is 1.88. The molecule has 0 spiro atoms. The van der Waals surface area contributed by atoms with E-state index in [4.69, 9.17) is 23.8 Å². The first-order chi connectivity index (χ1) is 4.74. The van der Waals surface area contributed by atoms with Crippen LogP contribution in [-0.4, -0.2) is 4.98 Å². The predicted molar refractivity (Wildman–Crippen MR) is 41.6 cm³/mol. The molecule has 0 aliphatic heterocycles. The summed E-state index contributed by atoms with van der Waals surface area (Å²) in [5, 5.41) is 0.468. The number of hydrogen-bond donors (Lipinski definition) is 1. The van der Waals surface area contributed by atoms with E-state index in [9.17, 15) is 0 Å². The highest BCUT2D eigenvalue weighted by molar-refractivity contribution is 6.31. The molecule has 2 nitrogen and oxygen atoms in total. The van der Waals surface area contributed by atoms with Crippen LogP contribution in [0.5, 0.6) is 0 Å². The van der Waals surface area contributed by atoms with Gasteiger partial charge in [0, 0.05) is 12.3 Å². The number of anilines is 1. The number of nitrogens with two attached hydrogens (primary N) is 1. The standard InChI is InChI=1S/C7H5ClN2/c1-2-5-4-10-7(9)3-6(5)8/h1,3-4H,(H2,9,10). The normalized spacial score (nSPS) is 8.80. The van der Waals surface area contributed by atoms with Crippen LogP contribution in [0.2, 0.25) is 5.02 Å². The minimum absolute atomic E-state index is 0.379. The van der Waals surface area contributed by atoms with Crippen LogP contribution >= 0.6 is 11.6 Å². The van der Waals surface area contributed by atoms with Gasteiger partial charge in [0.05, 0.1) is 10.6 Å². The van der Waals surface area contributed by atoms with E-state index in [0.29, 0.717) is 16.4 Å². The van der Waals surface area contributed by atoms with E-state index in [1.807, 2.05) is 0 Å². The van der Waals surface area contributed by atoms with Crippen LogP contribution in [0.1, 0.15) is 5.56 Å². The molecule has 0 amide bonds. The van der Waals surface area contributed by atoms with Crippen molar-refractivity contribution in [2.75, 3.05) is 5.73 Å². The highest BCUT2D eigenvalue weighted by Crippen LogP contribution is 2.14. The van der Waals surface area contributed by atoms with E-state index in [-0.39, 0.29) is 0 Å². The summed E-state index contributed by atoms with van der Waals surface area (Å²) in [6, 6.07) is 1.52. The summed E-state index contributed by atoms with van der Waals surface area (Å²) in [6.07, 6.45) is 6.56. The van der Waals surface area contributed by atoms with Crippen LogP contribution in [0.15, 0.2) is 12.3 Å². The van der Waals surface area contributed by atoms with Gasteiger partial charge in [0.15, 0.2) is 0 Å². The maximum atomic E-state index is 5.67. The molecular weight excluding hydrogens is 148 g/mol. The maximum Gasteiger partial charge on any atom is 0.124 e. The Bertz CT molecular complexity index is 288. The molecule has 0 atom stereocenters. The number of terminal acetylenes is 1. The molecule has 0 bridgehead atoms. The third-order valence-electron chi connectivity index (χ3n) is 1.03. The highest BCUT2D eigenvalue weighted by atomic mass is 35.5. The van der Waals surface area contributed by atoms with Gasteiger partial charge < -0.3 is 5.73 Å². The fourth-order valence-corrected chi connectivity index (χ4v) is 0.767. The summed E-state index contributed by atoms with van der Waals surface area (Å²) in [6.45, 7) is 0. The molecule has 0 aliphatic rings. The van der Waals surface area contributed by atoms with Crippen LogP contribution in [0.4, 0.5) is 5.82 Å². The molecule has 1 aromatic heterocycles. The van der Waals surface area contributed by atoms with Crippen molar-refractivity contribution >= 4 is 17.4 Å². The zero-order valence-electron chi connectivity index (χ0n) is 5.13. The molecule has 0 aliphatic carbocycles. The second kappa shape index (κ2) is 2.59. The molecule has 0 fully saturated rings. The van der Waals surface area contributed by atoms with Gasteiger partial charge >= 0.3 is 0 Å². The molecule has 0 radical (unpaired) electrons. The third kappa shape index (κ3) is 1.20. The van der Waals surface area contributed by atoms with Crippen molar-refractivity contribution in [1.82, 2.24) is 4.98 Å². The SMILES string of the molecule is C#Cc1cnc(N)cc1Cl.